The smallest absolute Gasteiger partial charge is 0.267 e. The molecule has 2 aromatic carbocycles. The summed E-state index contributed by atoms with van der Waals surface area (Å²) in [5.74, 6) is -1.04. The predicted octanol–water partition coefficient (Wildman–Crippen LogP) is 2.29. The Morgan fingerprint density at radius 2 is 1.55 bits per heavy atom. The number of benzene rings is 2. The van der Waals surface area contributed by atoms with Crippen LogP contribution in [0.1, 0.15) is 32.0 Å². The first kappa shape index (κ1) is 22.1. The molecule has 1 heterocycles. The summed E-state index contributed by atoms with van der Waals surface area (Å²) in [6.07, 6.45) is 1.48. The van der Waals surface area contributed by atoms with Gasteiger partial charge in [0.05, 0.1) is 4.90 Å². The molecule has 3 aromatic rings. The molecule has 0 bridgehead atoms. The fourth-order valence-corrected chi connectivity index (χ4v) is 3.90. The first-order chi connectivity index (χ1) is 14.8. The van der Waals surface area contributed by atoms with Gasteiger partial charge in [0.1, 0.15) is 5.69 Å². The van der Waals surface area contributed by atoms with Crippen molar-refractivity contribution in [1.82, 2.24) is 20.1 Å². The first-order valence-corrected chi connectivity index (χ1v) is 10.8. The number of amides is 2. The van der Waals surface area contributed by atoms with Crippen LogP contribution in [0, 0.1) is 6.92 Å². The van der Waals surface area contributed by atoms with E-state index in [-0.39, 0.29) is 17.1 Å². The molecule has 8 nitrogen and oxygen atoms in total. The molecular formula is C22H22N4O4S. The summed E-state index contributed by atoms with van der Waals surface area (Å²) in [5, 5.41) is 0. The molecule has 0 aliphatic rings. The maximum Gasteiger partial charge on any atom is 0.288 e. The predicted molar refractivity (Wildman–Crippen MR) is 115 cm³/mol. The molecule has 0 saturated carbocycles. The SMILES string of the molecule is Cc1ccc(S(=O)(=O)N(C)Cc2ccc(C(=O)NNC(=O)c3ccccn3)cc2)cc1. The van der Waals surface area contributed by atoms with E-state index in [0.717, 1.165) is 5.56 Å². The van der Waals surface area contributed by atoms with Crippen molar-refractivity contribution in [2.75, 3.05) is 7.05 Å². The summed E-state index contributed by atoms with van der Waals surface area (Å²) in [6.45, 7) is 2.04. The van der Waals surface area contributed by atoms with Crippen LogP contribution in [0.15, 0.2) is 77.8 Å². The molecule has 0 fully saturated rings. The lowest BCUT2D eigenvalue weighted by molar-refractivity contribution is 0.0844. The van der Waals surface area contributed by atoms with E-state index in [9.17, 15) is 18.0 Å². The topological polar surface area (TPSA) is 108 Å². The Morgan fingerprint density at radius 1 is 0.903 bits per heavy atom. The van der Waals surface area contributed by atoms with Crippen LogP contribution in [-0.4, -0.2) is 36.6 Å². The Bertz CT molecular complexity index is 1160. The second kappa shape index (κ2) is 9.50. The number of nitrogens with zero attached hydrogens (tertiary/aromatic N) is 2. The zero-order valence-electron chi connectivity index (χ0n) is 17.1. The van der Waals surface area contributed by atoms with Crippen molar-refractivity contribution in [3.05, 3.63) is 95.3 Å². The molecule has 3 rings (SSSR count). The third kappa shape index (κ3) is 5.53. The summed E-state index contributed by atoms with van der Waals surface area (Å²) < 4.78 is 26.7. The standard InChI is InChI=1S/C22H22N4O4S/c1-16-6-12-19(13-7-16)31(29,30)26(2)15-17-8-10-18(11-9-17)21(27)24-25-22(28)20-5-3-4-14-23-20/h3-14H,15H2,1-2H3,(H,24,27)(H,25,28). The van der Waals surface area contributed by atoms with E-state index >= 15 is 0 Å². The van der Waals surface area contributed by atoms with E-state index in [0.29, 0.717) is 11.1 Å². The summed E-state index contributed by atoms with van der Waals surface area (Å²) in [6, 6.07) is 18.0. The van der Waals surface area contributed by atoms with Crippen molar-refractivity contribution in [2.45, 2.75) is 18.4 Å². The van der Waals surface area contributed by atoms with Gasteiger partial charge in [-0.3, -0.25) is 25.4 Å². The fourth-order valence-electron chi connectivity index (χ4n) is 2.74. The van der Waals surface area contributed by atoms with Crippen LogP contribution in [0.3, 0.4) is 0 Å². The maximum atomic E-state index is 12.7. The highest BCUT2D eigenvalue weighted by Gasteiger charge is 2.20. The van der Waals surface area contributed by atoms with Gasteiger partial charge in [0.2, 0.25) is 10.0 Å². The van der Waals surface area contributed by atoms with E-state index in [1.54, 1.807) is 60.7 Å². The van der Waals surface area contributed by atoms with Crippen LogP contribution >= 0.6 is 0 Å². The number of carbonyl (C=O) groups is 2. The van der Waals surface area contributed by atoms with Gasteiger partial charge in [0.15, 0.2) is 0 Å². The second-order valence-electron chi connectivity index (χ2n) is 6.89. The minimum Gasteiger partial charge on any atom is -0.267 e. The number of carbonyl (C=O) groups excluding carboxylic acids is 2. The average molecular weight is 439 g/mol. The lowest BCUT2D eigenvalue weighted by Crippen LogP contribution is -2.41. The molecule has 0 spiro atoms. The Morgan fingerprint density at radius 3 is 2.16 bits per heavy atom. The summed E-state index contributed by atoms with van der Waals surface area (Å²) in [5.41, 5.74) is 6.80. The Kier molecular flexibility index (Phi) is 6.78. The number of sulfonamides is 1. The molecule has 0 aliphatic heterocycles. The van der Waals surface area contributed by atoms with Crippen LogP contribution in [0.25, 0.3) is 0 Å². The van der Waals surface area contributed by atoms with E-state index in [2.05, 4.69) is 15.8 Å². The number of nitrogens with one attached hydrogen (secondary N) is 2. The molecular weight excluding hydrogens is 416 g/mol. The molecule has 2 amide bonds. The lowest BCUT2D eigenvalue weighted by atomic mass is 10.1. The third-order valence-corrected chi connectivity index (χ3v) is 6.36. The summed E-state index contributed by atoms with van der Waals surface area (Å²) in [4.78, 5) is 28.3. The highest BCUT2D eigenvalue weighted by molar-refractivity contribution is 7.89. The van der Waals surface area contributed by atoms with Crippen LogP contribution in [0.2, 0.25) is 0 Å². The van der Waals surface area contributed by atoms with Gasteiger partial charge < -0.3 is 0 Å². The lowest BCUT2D eigenvalue weighted by Gasteiger charge is -2.17. The number of hydrogen-bond donors (Lipinski definition) is 2. The van der Waals surface area contributed by atoms with Crippen molar-refractivity contribution in [3.8, 4) is 0 Å². The van der Waals surface area contributed by atoms with Gasteiger partial charge in [-0.1, -0.05) is 35.9 Å². The van der Waals surface area contributed by atoms with Gasteiger partial charge in [-0.25, -0.2) is 8.42 Å². The number of rotatable bonds is 6. The molecule has 9 heteroatoms. The Labute approximate surface area is 181 Å². The van der Waals surface area contributed by atoms with Crippen molar-refractivity contribution in [3.63, 3.8) is 0 Å². The number of pyridine rings is 1. The number of hydrogen-bond acceptors (Lipinski definition) is 5. The molecule has 0 aliphatic carbocycles. The van der Waals surface area contributed by atoms with Crippen LogP contribution in [0.5, 0.6) is 0 Å². The van der Waals surface area contributed by atoms with Gasteiger partial charge in [-0.05, 0) is 48.9 Å². The van der Waals surface area contributed by atoms with Crippen molar-refractivity contribution < 1.29 is 18.0 Å². The highest BCUT2D eigenvalue weighted by Crippen LogP contribution is 2.17. The van der Waals surface area contributed by atoms with Crippen molar-refractivity contribution in [1.29, 1.82) is 0 Å². The van der Waals surface area contributed by atoms with E-state index < -0.39 is 21.8 Å². The average Bonchev–Trinajstić information content (AvgIpc) is 2.78. The minimum atomic E-state index is -3.62. The molecule has 31 heavy (non-hydrogen) atoms. The molecule has 1 aromatic heterocycles. The van der Waals surface area contributed by atoms with Gasteiger partial charge in [0, 0.05) is 25.4 Å². The largest absolute Gasteiger partial charge is 0.288 e. The van der Waals surface area contributed by atoms with Gasteiger partial charge >= 0.3 is 0 Å². The van der Waals surface area contributed by atoms with E-state index in [1.807, 2.05) is 6.92 Å². The highest BCUT2D eigenvalue weighted by atomic mass is 32.2. The van der Waals surface area contributed by atoms with Gasteiger partial charge in [0.25, 0.3) is 11.8 Å². The Balaban J connectivity index is 1.59. The summed E-state index contributed by atoms with van der Waals surface area (Å²) >= 11 is 0. The molecule has 2 N–H and O–H groups in total. The van der Waals surface area contributed by atoms with E-state index in [1.165, 1.54) is 23.6 Å². The summed E-state index contributed by atoms with van der Waals surface area (Å²) in [7, 11) is -2.12. The first-order valence-electron chi connectivity index (χ1n) is 9.41. The Hall–Kier alpha value is -3.56. The molecule has 0 atom stereocenters. The molecule has 0 unspecified atom stereocenters. The number of hydrazine groups is 1. The quantitative estimate of drug-likeness (QED) is 0.574. The normalized spacial score (nSPS) is 11.2. The van der Waals surface area contributed by atoms with Crippen LogP contribution < -0.4 is 10.9 Å². The zero-order valence-corrected chi connectivity index (χ0v) is 17.9. The van der Waals surface area contributed by atoms with Crippen molar-refractivity contribution in [2.24, 2.45) is 0 Å². The molecule has 160 valence electrons. The zero-order chi connectivity index (χ0) is 22.4. The third-order valence-electron chi connectivity index (χ3n) is 4.54. The monoisotopic (exact) mass is 438 g/mol. The molecule has 0 saturated heterocycles. The van der Waals surface area contributed by atoms with Crippen LogP contribution in [0.4, 0.5) is 0 Å². The van der Waals surface area contributed by atoms with E-state index in [4.69, 9.17) is 0 Å². The second-order valence-corrected chi connectivity index (χ2v) is 8.94. The van der Waals surface area contributed by atoms with Crippen molar-refractivity contribution >= 4 is 21.8 Å². The maximum absolute atomic E-state index is 12.7. The molecule has 0 radical (unpaired) electrons. The number of aryl methyl sites for hydroxylation is 1. The van der Waals surface area contributed by atoms with Gasteiger partial charge in [-0.15, -0.1) is 0 Å². The fraction of sp³-hybridized carbons (Fsp3) is 0.136. The van der Waals surface area contributed by atoms with Gasteiger partial charge in [-0.2, -0.15) is 4.31 Å². The minimum absolute atomic E-state index is 0.147. The van der Waals surface area contributed by atoms with Crippen LogP contribution in [-0.2, 0) is 16.6 Å². The number of aromatic nitrogens is 1.